The number of nitrogens with zero attached hydrogens (tertiary/aromatic N) is 2. The van der Waals surface area contributed by atoms with Gasteiger partial charge in [0.2, 0.25) is 16.8 Å². The summed E-state index contributed by atoms with van der Waals surface area (Å²) >= 11 is 0. The number of sulfonamides is 1. The third kappa shape index (κ3) is 3.50. The largest absolute Gasteiger partial charge is 0.454 e. The minimum Gasteiger partial charge on any atom is -0.454 e. The average Bonchev–Trinajstić information content (AvgIpc) is 2.94. The van der Waals surface area contributed by atoms with E-state index in [1.807, 2.05) is 0 Å². The van der Waals surface area contributed by atoms with Crippen molar-refractivity contribution >= 4 is 10.0 Å². The molecule has 1 aromatic rings. The van der Waals surface area contributed by atoms with Crippen molar-refractivity contribution in [2.75, 3.05) is 33.0 Å². The molecule has 0 amide bonds. The Kier molecular flexibility index (Phi) is 4.88. The summed E-state index contributed by atoms with van der Waals surface area (Å²) in [7, 11) is -3.47. The Morgan fingerprint density at radius 2 is 1.56 bits per heavy atom. The number of benzene rings is 1. The molecule has 0 radical (unpaired) electrons. The monoisotopic (exact) mass is 366 g/mol. The first-order valence-corrected chi connectivity index (χ1v) is 10.7. The van der Waals surface area contributed by atoms with E-state index in [1.165, 1.54) is 38.5 Å². The van der Waals surface area contributed by atoms with Crippen LogP contribution in [0.4, 0.5) is 0 Å². The summed E-state index contributed by atoms with van der Waals surface area (Å²) in [6, 6.07) is 5.50. The molecule has 0 bridgehead atoms. The van der Waals surface area contributed by atoms with Crippen LogP contribution >= 0.6 is 0 Å². The topological polar surface area (TPSA) is 59.1 Å². The first-order valence-electron chi connectivity index (χ1n) is 9.28. The second kappa shape index (κ2) is 7.13. The number of ether oxygens (including phenoxy) is 2. The number of piperazine rings is 1. The summed E-state index contributed by atoms with van der Waals surface area (Å²) in [5.74, 6) is 1.12. The molecule has 1 saturated heterocycles. The highest BCUT2D eigenvalue weighted by atomic mass is 32.2. The van der Waals surface area contributed by atoms with E-state index in [1.54, 1.807) is 22.5 Å². The van der Waals surface area contributed by atoms with Gasteiger partial charge in [-0.25, -0.2) is 8.42 Å². The molecule has 1 saturated carbocycles. The number of hydrogen-bond acceptors (Lipinski definition) is 5. The molecule has 7 heteroatoms. The molecule has 2 heterocycles. The van der Waals surface area contributed by atoms with E-state index in [0.717, 1.165) is 13.1 Å². The minimum absolute atomic E-state index is 0.152. The maximum atomic E-state index is 12.9. The minimum atomic E-state index is -3.47. The van der Waals surface area contributed by atoms with Crippen molar-refractivity contribution in [2.45, 2.75) is 49.5 Å². The Balaban J connectivity index is 1.42. The molecule has 0 atom stereocenters. The highest BCUT2D eigenvalue weighted by Gasteiger charge is 2.32. The Morgan fingerprint density at radius 3 is 2.28 bits per heavy atom. The van der Waals surface area contributed by atoms with Gasteiger partial charge < -0.3 is 9.47 Å². The maximum absolute atomic E-state index is 12.9. The van der Waals surface area contributed by atoms with E-state index >= 15 is 0 Å². The van der Waals surface area contributed by atoms with E-state index in [9.17, 15) is 8.42 Å². The highest BCUT2D eigenvalue weighted by Crippen LogP contribution is 2.35. The highest BCUT2D eigenvalue weighted by molar-refractivity contribution is 7.89. The summed E-state index contributed by atoms with van der Waals surface area (Å²) in [6.07, 6.45) is 7.81. The summed E-state index contributed by atoms with van der Waals surface area (Å²) in [5.41, 5.74) is 0. The molecule has 2 fully saturated rings. The quantitative estimate of drug-likeness (QED) is 0.769. The van der Waals surface area contributed by atoms with Crippen LogP contribution in [0.5, 0.6) is 11.5 Å². The Hall–Kier alpha value is -1.31. The van der Waals surface area contributed by atoms with Gasteiger partial charge in [-0.05, 0) is 25.0 Å². The van der Waals surface area contributed by atoms with Gasteiger partial charge in [-0.15, -0.1) is 0 Å². The van der Waals surface area contributed by atoms with Crippen molar-refractivity contribution in [3.8, 4) is 11.5 Å². The fourth-order valence-electron chi connectivity index (χ4n) is 4.12. The summed E-state index contributed by atoms with van der Waals surface area (Å²) in [5, 5.41) is 0. The lowest BCUT2D eigenvalue weighted by Gasteiger charge is -2.38. The maximum Gasteiger partial charge on any atom is 0.243 e. The Morgan fingerprint density at radius 1 is 0.880 bits per heavy atom. The molecule has 4 rings (SSSR count). The van der Waals surface area contributed by atoms with Crippen LogP contribution in [0.1, 0.15) is 38.5 Å². The number of fused-ring (bicyclic) bond motifs is 1. The van der Waals surface area contributed by atoms with Crippen LogP contribution in [-0.4, -0.2) is 56.6 Å². The molecule has 1 aliphatic carbocycles. The van der Waals surface area contributed by atoms with Crippen molar-refractivity contribution in [3.05, 3.63) is 18.2 Å². The van der Waals surface area contributed by atoms with E-state index in [0.29, 0.717) is 35.5 Å². The van der Waals surface area contributed by atoms with Gasteiger partial charge in [0, 0.05) is 38.3 Å². The average molecular weight is 366 g/mol. The van der Waals surface area contributed by atoms with E-state index < -0.39 is 10.0 Å². The van der Waals surface area contributed by atoms with Crippen molar-refractivity contribution in [1.29, 1.82) is 0 Å². The van der Waals surface area contributed by atoms with Crippen LogP contribution in [0.2, 0.25) is 0 Å². The van der Waals surface area contributed by atoms with Gasteiger partial charge in [0.1, 0.15) is 0 Å². The van der Waals surface area contributed by atoms with E-state index in [4.69, 9.17) is 9.47 Å². The molecule has 0 aromatic heterocycles. The van der Waals surface area contributed by atoms with Crippen molar-refractivity contribution in [1.82, 2.24) is 9.21 Å². The standard InChI is InChI=1S/C18H26N2O4S/c21-25(22,16-7-8-17-18(13-16)24-14-23-17)20-11-9-19(10-12-20)15-5-3-1-2-4-6-15/h7-8,13,15H,1-6,9-12,14H2. The summed E-state index contributed by atoms with van der Waals surface area (Å²) < 4.78 is 38.1. The third-order valence-corrected chi connectivity index (χ3v) is 7.49. The first-order chi connectivity index (χ1) is 12.1. The lowest BCUT2D eigenvalue weighted by molar-refractivity contribution is 0.126. The molecular weight excluding hydrogens is 340 g/mol. The number of hydrogen-bond donors (Lipinski definition) is 0. The van der Waals surface area contributed by atoms with Gasteiger partial charge in [0.15, 0.2) is 11.5 Å². The predicted octanol–water partition coefficient (Wildman–Crippen LogP) is 2.44. The Labute approximate surface area is 149 Å². The molecule has 0 unspecified atom stereocenters. The lowest BCUT2D eigenvalue weighted by Crippen LogP contribution is -2.51. The molecule has 1 aromatic carbocycles. The predicted molar refractivity (Wildman–Crippen MR) is 94.4 cm³/mol. The summed E-state index contributed by atoms with van der Waals surface area (Å²) in [4.78, 5) is 2.79. The third-order valence-electron chi connectivity index (χ3n) is 5.60. The number of rotatable bonds is 3. The van der Waals surface area contributed by atoms with Crippen LogP contribution < -0.4 is 9.47 Å². The molecular formula is C18H26N2O4S. The second-order valence-corrected chi connectivity index (χ2v) is 9.04. The zero-order chi connectivity index (χ0) is 17.3. The van der Waals surface area contributed by atoms with Crippen LogP contribution in [0.25, 0.3) is 0 Å². The lowest BCUT2D eigenvalue weighted by atomic mass is 10.1. The van der Waals surface area contributed by atoms with Crippen molar-refractivity contribution < 1.29 is 17.9 Å². The second-order valence-electron chi connectivity index (χ2n) is 7.10. The van der Waals surface area contributed by atoms with Crippen LogP contribution in [-0.2, 0) is 10.0 Å². The van der Waals surface area contributed by atoms with E-state index in [-0.39, 0.29) is 6.79 Å². The first kappa shape index (κ1) is 17.1. The van der Waals surface area contributed by atoms with Gasteiger partial charge in [-0.1, -0.05) is 25.7 Å². The molecule has 3 aliphatic rings. The van der Waals surface area contributed by atoms with Crippen molar-refractivity contribution in [3.63, 3.8) is 0 Å². The zero-order valence-corrected chi connectivity index (χ0v) is 15.3. The fraction of sp³-hybridized carbons (Fsp3) is 0.667. The fourth-order valence-corrected chi connectivity index (χ4v) is 5.56. The van der Waals surface area contributed by atoms with Gasteiger partial charge in [-0.3, -0.25) is 4.90 Å². The van der Waals surface area contributed by atoms with Crippen LogP contribution in [0, 0.1) is 0 Å². The Bertz CT molecular complexity index is 706. The van der Waals surface area contributed by atoms with Gasteiger partial charge in [0.05, 0.1) is 4.90 Å². The molecule has 6 nitrogen and oxygen atoms in total. The van der Waals surface area contributed by atoms with Gasteiger partial charge >= 0.3 is 0 Å². The SMILES string of the molecule is O=S(=O)(c1ccc2c(c1)OCO2)N1CCN(C2CCCCCC2)CC1. The zero-order valence-electron chi connectivity index (χ0n) is 14.5. The normalized spacial score (nSPS) is 23.5. The van der Waals surface area contributed by atoms with Crippen molar-refractivity contribution in [2.24, 2.45) is 0 Å². The van der Waals surface area contributed by atoms with Crippen LogP contribution in [0.3, 0.4) is 0 Å². The molecule has 2 aliphatic heterocycles. The summed E-state index contributed by atoms with van der Waals surface area (Å²) in [6.45, 7) is 2.93. The smallest absolute Gasteiger partial charge is 0.243 e. The molecule has 138 valence electrons. The van der Waals surface area contributed by atoms with E-state index in [2.05, 4.69) is 4.90 Å². The molecule has 0 N–H and O–H groups in total. The molecule has 25 heavy (non-hydrogen) atoms. The van der Waals surface area contributed by atoms with Gasteiger partial charge in [-0.2, -0.15) is 4.31 Å². The van der Waals surface area contributed by atoms with Gasteiger partial charge in [0.25, 0.3) is 0 Å². The van der Waals surface area contributed by atoms with Crippen LogP contribution in [0.15, 0.2) is 23.1 Å². The molecule has 0 spiro atoms.